The van der Waals surface area contributed by atoms with Crippen LogP contribution in [0.1, 0.15) is 53.3 Å². The summed E-state index contributed by atoms with van der Waals surface area (Å²) in [5.74, 6) is -2.57. The lowest BCUT2D eigenvalue weighted by Gasteiger charge is -2.27. The van der Waals surface area contributed by atoms with E-state index in [1.807, 2.05) is 0 Å². The van der Waals surface area contributed by atoms with Crippen molar-refractivity contribution in [3.05, 3.63) is 59.4 Å². The second kappa shape index (κ2) is 13.1. The summed E-state index contributed by atoms with van der Waals surface area (Å²) in [6.07, 6.45) is -2.49. The predicted molar refractivity (Wildman–Crippen MR) is 127 cm³/mol. The molecule has 0 radical (unpaired) electrons. The van der Waals surface area contributed by atoms with E-state index in [0.717, 1.165) is 18.2 Å². The van der Waals surface area contributed by atoms with Crippen LogP contribution in [-0.2, 0) is 9.53 Å². The van der Waals surface area contributed by atoms with Gasteiger partial charge in [-0.25, -0.2) is 4.39 Å². The maximum atomic E-state index is 14.5. The summed E-state index contributed by atoms with van der Waals surface area (Å²) in [4.78, 5) is 36.3. The third-order valence-electron chi connectivity index (χ3n) is 5.83. The van der Waals surface area contributed by atoms with E-state index in [9.17, 15) is 31.9 Å². The molecule has 8 nitrogen and oxygen atoms in total. The summed E-state index contributed by atoms with van der Waals surface area (Å²) in [6.45, 7) is 2.09. The van der Waals surface area contributed by atoms with Crippen molar-refractivity contribution >= 4 is 17.8 Å². The van der Waals surface area contributed by atoms with Crippen molar-refractivity contribution in [1.82, 2.24) is 10.6 Å². The molecule has 0 aliphatic heterocycles. The fourth-order valence-electron chi connectivity index (χ4n) is 3.98. The fraction of sp³-hybridized carbons (Fsp3) is 0.423. The number of carbonyl (C=O) groups is 3. The molecule has 206 valence electrons. The van der Waals surface area contributed by atoms with Gasteiger partial charge < -0.3 is 24.8 Å². The van der Waals surface area contributed by atoms with Crippen LogP contribution in [0.5, 0.6) is 11.5 Å². The van der Waals surface area contributed by atoms with Crippen LogP contribution in [0, 0.1) is 11.7 Å². The lowest BCUT2D eigenvalue weighted by atomic mass is 9.87. The van der Waals surface area contributed by atoms with Gasteiger partial charge >= 0.3 is 12.3 Å². The summed E-state index contributed by atoms with van der Waals surface area (Å²) in [5.41, 5.74) is -0.100. The van der Waals surface area contributed by atoms with Crippen molar-refractivity contribution in [3.8, 4) is 11.5 Å². The Balaban J connectivity index is 1.41. The topological polar surface area (TPSA) is 103 Å². The minimum absolute atomic E-state index is 0.00264. The summed E-state index contributed by atoms with van der Waals surface area (Å²) >= 11 is 0. The van der Waals surface area contributed by atoms with Crippen LogP contribution >= 0.6 is 0 Å². The zero-order valence-electron chi connectivity index (χ0n) is 20.6. The van der Waals surface area contributed by atoms with Gasteiger partial charge in [0, 0.05) is 24.7 Å². The van der Waals surface area contributed by atoms with Gasteiger partial charge in [-0.15, -0.1) is 13.2 Å². The molecule has 12 heteroatoms. The number of esters is 1. The van der Waals surface area contributed by atoms with Crippen molar-refractivity contribution < 1.29 is 46.2 Å². The second-order valence-electron chi connectivity index (χ2n) is 8.57. The Bertz CT molecular complexity index is 1120. The summed E-state index contributed by atoms with van der Waals surface area (Å²) < 4.78 is 65.8. The normalized spacial score (nSPS) is 17.3. The van der Waals surface area contributed by atoms with Crippen molar-refractivity contribution in [2.75, 3.05) is 19.7 Å². The average molecular weight is 541 g/mol. The molecular weight excluding hydrogens is 512 g/mol. The molecule has 0 aromatic heterocycles. The highest BCUT2D eigenvalue weighted by atomic mass is 19.4. The van der Waals surface area contributed by atoms with Gasteiger partial charge in [-0.2, -0.15) is 0 Å². The van der Waals surface area contributed by atoms with E-state index >= 15 is 0 Å². The molecule has 1 fully saturated rings. The SMILES string of the molecule is CCOC(=O)[C@H]1CC[C@@H](Oc2ccc(C(=O)NCCNC(=O)c3ccc(OC(F)(F)F)cc3)c(F)c2)CC1. The van der Waals surface area contributed by atoms with Crippen LogP contribution in [0.15, 0.2) is 42.5 Å². The molecule has 2 aromatic carbocycles. The largest absolute Gasteiger partial charge is 0.573 e. The molecule has 0 atom stereocenters. The van der Waals surface area contributed by atoms with Crippen LogP contribution < -0.4 is 20.1 Å². The van der Waals surface area contributed by atoms with Gasteiger partial charge in [0.1, 0.15) is 17.3 Å². The smallest absolute Gasteiger partial charge is 0.490 e. The molecular formula is C26H28F4N2O6. The third kappa shape index (κ3) is 8.63. The number of halogens is 4. The Morgan fingerprint density at radius 3 is 2.08 bits per heavy atom. The Morgan fingerprint density at radius 1 is 0.895 bits per heavy atom. The minimum Gasteiger partial charge on any atom is -0.490 e. The molecule has 0 saturated heterocycles. The lowest BCUT2D eigenvalue weighted by Crippen LogP contribution is -2.35. The highest BCUT2D eigenvalue weighted by molar-refractivity contribution is 5.95. The molecule has 0 bridgehead atoms. The molecule has 0 spiro atoms. The first kappa shape index (κ1) is 28.7. The zero-order valence-corrected chi connectivity index (χ0v) is 20.6. The monoisotopic (exact) mass is 540 g/mol. The number of benzene rings is 2. The fourth-order valence-corrected chi connectivity index (χ4v) is 3.98. The van der Waals surface area contributed by atoms with Crippen molar-refractivity contribution in [1.29, 1.82) is 0 Å². The van der Waals surface area contributed by atoms with Crippen LogP contribution in [0.4, 0.5) is 17.6 Å². The molecule has 1 aliphatic carbocycles. The van der Waals surface area contributed by atoms with Crippen LogP contribution in [0.3, 0.4) is 0 Å². The van der Waals surface area contributed by atoms with Crippen molar-refractivity contribution in [2.24, 2.45) is 5.92 Å². The van der Waals surface area contributed by atoms with E-state index in [-0.39, 0.29) is 48.0 Å². The maximum Gasteiger partial charge on any atom is 0.573 e. The molecule has 3 rings (SSSR count). The van der Waals surface area contributed by atoms with Crippen molar-refractivity contribution in [3.63, 3.8) is 0 Å². The third-order valence-corrected chi connectivity index (χ3v) is 5.83. The number of carbonyl (C=O) groups excluding carboxylic acids is 3. The van der Waals surface area contributed by atoms with Crippen LogP contribution in [0.25, 0.3) is 0 Å². The van der Waals surface area contributed by atoms with Gasteiger partial charge in [-0.3, -0.25) is 14.4 Å². The van der Waals surface area contributed by atoms with Gasteiger partial charge in [-0.1, -0.05) is 0 Å². The molecule has 38 heavy (non-hydrogen) atoms. The van der Waals surface area contributed by atoms with Gasteiger partial charge in [0.15, 0.2) is 0 Å². The van der Waals surface area contributed by atoms with E-state index in [1.165, 1.54) is 24.3 Å². The van der Waals surface area contributed by atoms with Gasteiger partial charge in [0.2, 0.25) is 0 Å². The highest BCUT2D eigenvalue weighted by Gasteiger charge is 2.31. The average Bonchev–Trinajstić information content (AvgIpc) is 2.86. The van der Waals surface area contributed by atoms with E-state index in [4.69, 9.17) is 9.47 Å². The summed E-state index contributed by atoms with van der Waals surface area (Å²) in [6, 6.07) is 8.26. The number of hydrogen-bond acceptors (Lipinski definition) is 6. The number of amides is 2. The van der Waals surface area contributed by atoms with Crippen LogP contribution in [0.2, 0.25) is 0 Å². The molecule has 1 saturated carbocycles. The maximum absolute atomic E-state index is 14.5. The first-order valence-corrected chi connectivity index (χ1v) is 12.1. The van der Waals surface area contributed by atoms with E-state index in [2.05, 4.69) is 15.4 Å². The van der Waals surface area contributed by atoms with Gasteiger partial charge in [0.25, 0.3) is 11.8 Å². The van der Waals surface area contributed by atoms with Gasteiger partial charge in [0.05, 0.1) is 24.2 Å². The zero-order chi connectivity index (χ0) is 27.7. The number of ether oxygens (including phenoxy) is 3. The first-order chi connectivity index (χ1) is 18.1. The van der Waals surface area contributed by atoms with Gasteiger partial charge in [-0.05, 0) is 69.0 Å². The predicted octanol–water partition coefficient (Wildman–Crippen LogP) is 4.38. The van der Waals surface area contributed by atoms with E-state index < -0.39 is 29.7 Å². The number of rotatable bonds is 10. The van der Waals surface area contributed by atoms with Crippen molar-refractivity contribution in [2.45, 2.75) is 45.1 Å². The second-order valence-corrected chi connectivity index (χ2v) is 8.57. The quantitative estimate of drug-likeness (QED) is 0.263. The minimum atomic E-state index is -4.83. The molecule has 2 N–H and O–H groups in total. The molecule has 2 aromatic rings. The molecule has 0 heterocycles. The summed E-state index contributed by atoms with van der Waals surface area (Å²) in [7, 11) is 0. The number of hydrogen-bond donors (Lipinski definition) is 2. The Morgan fingerprint density at radius 2 is 1.50 bits per heavy atom. The van der Waals surface area contributed by atoms with Crippen LogP contribution in [-0.4, -0.2) is 49.9 Å². The highest BCUT2D eigenvalue weighted by Crippen LogP contribution is 2.29. The number of nitrogens with one attached hydrogen (secondary N) is 2. The standard InChI is InChI=1S/C26H28F4N2O6/c1-2-36-25(35)17-5-7-18(8-6-17)37-20-11-12-21(22(27)15-20)24(34)32-14-13-31-23(33)16-3-9-19(10-4-16)38-26(28,29)30/h3-4,9-12,15,17-18H,2,5-8,13-14H2,1H3,(H,31,33)(H,32,34)/t17-,18+. The first-order valence-electron chi connectivity index (χ1n) is 12.1. The number of alkyl halides is 3. The Hall–Kier alpha value is -3.83. The molecule has 0 unspecified atom stereocenters. The Kier molecular flexibility index (Phi) is 9.91. The molecule has 2 amide bonds. The molecule has 1 aliphatic rings. The lowest BCUT2D eigenvalue weighted by molar-refractivity contribution is -0.274. The van der Waals surface area contributed by atoms with E-state index in [0.29, 0.717) is 32.3 Å². The van der Waals surface area contributed by atoms with E-state index in [1.54, 1.807) is 6.92 Å². The summed E-state index contributed by atoms with van der Waals surface area (Å²) in [5, 5.41) is 4.99. The Labute approximate surface area is 216 Å².